The van der Waals surface area contributed by atoms with Gasteiger partial charge in [0.15, 0.2) is 5.82 Å². The van der Waals surface area contributed by atoms with E-state index in [0.29, 0.717) is 17.6 Å². The van der Waals surface area contributed by atoms with Crippen molar-refractivity contribution in [2.45, 2.75) is 24.0 Å². The highest BCUT2D eigenvalue weighted by molar-refractivity contribution is 7.98. The number of benzene rings is 2. The molecule has 0 saturated carbocycles. The maximum Gasteiger partial charge on any atom is 0.416 e. The predicted octanol–water partition coefficient (Wildman–Crippen LogP) is 4.37. The van der Waals surface area contributed by atoms with Gasteiger partial charge < -0.3 is 10.6 Å². The maximum atomic E-state index is 13.1. The van der Waals surface area contributed by atoms with Crippen LogP contribution in [-0.4, -0.2) is 21.5 Å². The van der Waals surface area contributed by atoms with Gasteiger partial charge in [-0.1, -0.05) is 30.0 Å². The summed E-state index contributed by atoms with van der Waals surface area (Å²) >= 11 is 1.10. The molecule has 0 aliphatic rings. The van der Waals surface area contributed by atoms with E-state index in [9.17, 15) is 13.2 Å². The summed E-state index contributed by atoms with van der Waals surface area (Å²) in [5.74, 6) is 7.26. The summed E-state index contributed by atoms with van der Waals surface area (Å²) < 4.78 is 45.9. The molecule has 2 N–H and O–H groups in total. The summed E-state index contributed by atoms with van der Waals surface area (Å²) in [5.41, 5.74) is 0.240. The van der Waals surface area contributed by atoms with Crippen LogP contribution in [0.4, 0.5) is 13.2 Å². The molecule has 5 nitrogen and oxygen atoms in total. The second-order valence-corrected chi connectivity index (χ2v) is 6.52. The third-order valence-electron chi connectivity index (χ3n) is 3.77. The Morgan fingerprint density at radius 3 is 2.44 bits per heavy atom. The lowest BCUT2D eigenvalue weighted by atomic mass is 10.1. The quantitative estimate of drug-likeness (QED) is 0.497. The van der Waals surface area contributed by atoms with Crippen LogP contribution >= 0.6 is 11.8 Å². The van der Waals surface area contributed by atoms with E-state index in [-0.39, 0.29) is 11.3 Å². The van der Waals surface area contributed by atoms with E-state index < -0.39 is 11.7 Å². The molecule has 3 rings (SSSR count). The number of alkyl halides is 3. The molecule has 1 heterocycles. The molecule has 9 heteroatoms. The van der Waals surface area contributed by atoms with Gasteiger partial charge in [-0.2, -0.15) is 13.2 Å². The molecule has 0 aliphatic carbocycles. The number of rotatable bonds is 6. The molecule has 27 heavy (non-hydrogen) atoms. The molecule has 1 aromatic heterocycles. The molecular formula is C18H17F3N4OS. The fourth-order valence-corrected chi connectivity index (χ4v) is 3.36. The minimum atomic E-state index is -4.40. The van der Waals surface area contributed by atoms with Gasteiger partial charge in [-0.3, -0.25) is 0 Å². The van der Waals surface area contributed by atoms with Gasteiger partial charge in [0.25, 0.3) is 0 Å². The van der Waals surface area contributed by atoms with Crippen LogP contribution in [0.25, 0.3) is 11.4 Å². The topological polar surface area (TPSA) is 66.0 Å². The molecule has 0 radical (unpaired) electrons. The second-order valence-electron chi connectivity index (χ2n) is 5.58. The van der Waals surface area contributed by atoms with Crippen molar-refractivity contribution in [3.63, 3.8) is 0 Å². The Morgan fingerprint density at radius 2 is 1.78 bits per heavy atom. The lowest BCUT2D eigenvalue weighted by Crippen LogP contribution is -2.12. The predicted molar refractivity (Wildman–Crippen MR) is 97.8 cm³/mol. The van der Waals surface area contributed by atoms with Crippen LogP contribution in [-0.2, 0) is 11.9 Å². The van der Waals surface area contributed by atoms with Crippen molar-refractivity contribution in [2.24, 2.45) is 0 Å². The SMILES string of the molecule is CCOc1ccc(-c2nnc(SCc3ccccc3C(F)(F)F)n2N)cc1. The number of hydrogen-bond donors (Lipinski definition) is 1. The Balaban J connectivity index is 1.77. The molecule has 0 saturated heterocycles. The first-order chi connectivity index (χ1) is 12.9. The fourth-order valence-electron chi connectivity index (χ4n) is 2.50. The number of thioether (sulfide) groups is 1. The third kappa shape index (κ3) is 4.36. The molecule has 0 aliphatic heterocycles. The van der Waals surface area contributed by atoms with E-state index in [1.807, 2.05) is 6.92 Å². The summed E-state index contributed by atoms with van der Waals surface area (Å²) in [6.07, 6.45) is -4.40. The minimum Gasteiger partial charge on any atom is -0.494 e. The van der Waals surface area contributed by atoms with Gasteiger partial charge in [-0.25, -0.2) is 4.68 Å². The van der Waals surface area contributed by atoms with Crippen molar-refractivity contribution in [1.29, 1.82) is 0 Å². The van der Waals surface area contributed by atoms with E-state index in [2.05, 4.69) is 10.2 Å². The molecule has 0 bridgehead atoms. The maximum absolute atomic E-state index is 13.1. The molecule has 0 atom stereocenters. The Labute approximate surface area is 158 Å². The number of halogens is 3. The van der Waals surface area contributed by atoms with E-state index in [1.165, 1.54) is 16.8 Å². The summed E-state index contributed by atoms with van der Waals surface area (Å²) in [5, 5.41) is 8.37. The van der Waals surface area contributed by atoms with Crippen molar-refractivity contribution in [1.82, 2.24) is 14.9 Å². The zero-order valence-electron chi connectivity index (χ0n) is 14.4. The van der Waals surface area contributed by atoms with Crippen LogP contribution in [0.3, 0.4) is 0 Å². The summed E-state index contributed by atoms with van der Waals surface area (Å²) in [7, 11) is 0. The number of nitrogen functional groups attached to an aromatic ring is 1. The smallest absolute Gasteiger partial charge is 0.416 e. The average molecular weight is 394 g/mol. The first kappa shape index (κ1) is 19.1. The Morgan fingerprint density at radius 1 is 1.07 bits per heavy atom. The van der Waals surface area contributed by atoms with Crippen LogP contribution in [0.5, 0.6) is 5.75 Å². The molecule has 0 unspecified atom stereocenters. The highest BCUT2D eigenvalue weighted by Gasteiger charge is 2.32. The fraction of sp³-hybridized carbons (Fsp3) is 0.222. The van der Waals surface area contributed by atoms with E-state index >= 15 is 0 Å². The lowest BCUT2D eigenvalue weighted by molar-refractivity contribution is -0.138. The summed E-state index contributed by atoms with van der Waals surface area (Å²) in [4.78, 5) is 0. The van der Waals surface area contributed by atoms with Gasteiger partial charge in [-0.15, -0.1) is 10.2 Å². The van der Waals surface area contributed by atoms with Crippen LogP contribution in [0.15, 0.2) is 53.7 Å². The number of nitrogens with zero attached hydrogens (tertiary/aromatic N) is 3. The Bertz CT molecular complexity index is 910. The van der Waals surface area contributed by atoms with E-state index in [4.69, 9.17) is 10.6 Å². The number of hydrogen-bond acceptors (Lipinski definition) is 5. The molecule has 0 fully saturated rings. The highest BCUT2D eigenvalue weighted by Crippen LogP contribution is 2.34. The lowest BCUT2D eigenvalue weighted by Gasteiger charge is -2.12. The van der Waals surface area contributed by atoms with E-state index in [1.54, 1.807) is 30.3 Å². The molecular weight excluding hydrogens is 377 g/mol. The minimum absolute atomic E-state index is 0.0777. The van der Waals surface area contributed by atoms with Crippen LogP contribution in [0.1, 0.15) is 18.1 Å². The van der Waals surface area contributed by atoms with Crippen LogP contribution in [0, 0.1) is 0 Å². The molecule has 2 aromatic carbocycles. The van der Waals surface area contributed by atoms with Gasteiger partial charge in [-0.05, 0) is 42.8 Å². The zero-order chi connectivity index (χ0) is 19.4. The number of aromatic nitrogens is 3. The van der Waals surface area contributed by atoms with Gasteiger partial charge >= 0.3 is 6.18 Å². The monoisotopic (exact) mass is 394 g/mol. The van der Waals surface area contributed by atoms with Crippen LogP contribution < -0.4 is 10.6 Å². The van der Waals surface area contributed by atoms with Gasteiger partial charge in [0.1, 0.15) is 5.75 Å². The summed E-state index contributed by atoms with van der Waals surface area (Å²) in [6.45, 7) is 2.46. The standard InChI is InChI=1S/C18H17F3N4OS/c1-2-26-14-9-7-12(8-10-14)16-23-24-17(25(16)22)27-11-13-5-3-4-6-15(13)18(19,20)21/h3-10H,2,11,22H2,1H3. The average Bonchev–Trinajstić information content (AvgIpc) is 3.01. The van der Waals surface area contributed by atoms with Crippen LogP contribution in [0.2, 0.25) is 0 Å². The normalized spacial score (nSPS) is 11.6. The third-order valence-corrected chi connectivity index (χ3v) is 4.76. The van der Waals surface area contributed by atoms with Gasteiger partial charge in [0.05, 0.1) is 12.2 Å². The molecule has 0 spiro atoms. The van der Waals surface area contributed by atoms with E-state index in [0.717, 1.165) is 29.1 Å². The zero-order valence-corrected chi connectivity index (χ0v) is 15.2. The largest absolute Gasteiger partial charge is 0.494 e. The molecule has 142 valence electrons. The van der Waals surface area contributed by atoms with Gasteiger partial charge in [0.2, 0.25) is 5.16 Å². The highest BCUT2D eigenvalue weighted by atomic mass is 32.2. The van der Waals surface area contributed by atoms with Crippen molar-refractivity contribution >= 4 is 11.8 Å². The van der Waals surface area contributed by atoms with Crippen molar-refractivity contribution in [2.75, 3.05) is 12.4 Å². The molecule has 3 aromatic rings. The first-order valence-electron chi connectivity index (χ1n) is 8.11. The van der Waals surface area contributed by atoms with Crippen molar-refractivity contribution < 1.29 is 17.9 Å². The molecule has 0 amide bonds. The second kappa shape index (κ2) is 7.91. The van der Waals surface area contributed by atoms with Gasteiger partial charge in [0, 0.05) is 11.3 Å². The van der Waals surface area contributed by atoms with Crippen molar-refractivity contribution in [3.05, 3.63) is 59.7 Å². The Kier molecular flexibility index (Phi) is 5.59. The summed E-state index contributed by atoms with van der Waals surface area (Å²) in [6, 6.07) is 12.6. The van der Waals surface area contributed by atoms with Crippen molar-refractivity contribution in [3.8, 4) is 17.1 Å². The Hall–Kier alpha value is -2.68. The first-order valence-corrected chi connectivity index (χ1v) is 9.10. The number of ether oxygens (including phenoxy) is 1. The number of nitrogens with two attached hydrogens (primary N) is 1.